The van der Waals surface area contributed by atoms with E-state index in [-0.39, 0.29) is 0 Å². The van der Waals surface area contributed by atoms with Gasteiger partial charge in [0, 0.05) is 98.3 Å². The normalized spacial score (nSPS) is 12.1. The molecule has 0 unspecified atom stereocenters. The first kappa shape index (κ1) is 44.0. The van der Waals surface area contributed by atoms with Crippen molar-refractivity contribution in [2.45, 2.75) is 25.9 Å². The quantitative estimate of drug-likeness (QED) is 0.0711. The van der Waals surface area contributed by atoms with Gasteiger partial charge in [0.1, 0.15) is 23.7 Å². The summed E-state index contributed by atoms with van der Waals surface area (Å²) in [5.74, 6) is 2.32. The van der Waals surface area contributed by atoms with Crippen molar-refractivity contribution in [3.63, 3.8) is 0 Å². The Bertz CT molecular complexity index is 4290. The Hall–Kier alpha value is -8.02. The fourth-order valence-electron chi connectivity index (χ4n) is 9.87. The average molecular weight is 1030 g/mol. The number of benzene rings is 6. The molecule has 0 aliphatic heterocycles. The van der Waals surface area contributed by atoms with Gasteiger partial charge in [0.2, 0.25) is 0 Å². The van der Waals surface area contributed by atoms with E-state index in [0.29, 0.717) is 74.8 Å². The predicted octanol–water partition coefficient (Wildman–Crippen LogP) is 12.9. The standard InChI is InChI=1S/2C26H19Cl2N7O/c27-13-2-4-19-15(8-13)17-10-18-16-9-14(28)3-5-20(16)34-22(18)24(21(17)33-19)36-7-1-6-35-12-32-26-23(35)25(29)30-11-31-26;27-13-2-4-19-15(8-13)17-10-18-16-9-14(28)3-5-20(16)34-22(18)24(21(17)33-19)36-7-1-6-35-12-32-23-25(29)30-11-31-26(23)35/h2*2-5,8-12,33-34H,1,6-7H2,(H2,29,30,31). The highest BCUT2D eigenvalue weighted by Gasteiger charge is 2.21. The van der Waals surface area contributed by atoms with E-state index in [1.807, 2.05) is 81.9 Å². The van der Waals surface area contributed by atoms with E-state index in [2.05, 4.69) is 62.0 Å². The Morgan fingerprint density at radius 1 is 0.444 bits per heavy atom. The maximum atomic E-state index is 6.47. The van der Waals surface area contributed by atoms with Gasteiger partial charge in [-0.2, -0.15) is 0 Å². The third kappa shape index (κ3) is 7.44. The van der Waals surface area contributed by atoms with Crippen LogP contribution >= 0.6 is 46.4 Å². The zero-order valence-electron chi connectivity index (χ0n) is 37.7. The number of anilines is 2. The van der Waals surface area contributed by atoms with Crippen LogP contribution in [0.5, 0.6) is 11.5 Å². The molecule has 0 aliphatic rings. The summed E-state index contributed by atoms with van der Waals surface area (Å²) in [6, 6.07) is 27.7. The van der Waals surface area contributed by atoms with E-state index >= 15 is 0 Å². The molecular weight excluding hydrogens is 994 g/mol. The lowest BCUT2D eigenvalue weighted by molar-refractivity contribution is 0.308. The Morgan fingerprint density at radius 3 is 1.33 bits per heavy atom. The van der Waals surface area contributed by atoms with Gasteiger partial charge in [-0.15, -0.1) is 0 Å². The molecule has 0 spiro atoms. The maximum absolute atomic E-state index is 6.47. The summed E-state index contributed by atoms with van der Waals surface area (Å²) in [6.07, 6.45) is 7.81. The number of nitrogens with one attached hydrogen (secondary N) is 4. The van der Waals surface area contributed by atoms with Crippen LogP contribution in [0.2, 0.25) is 20.1 Å². The molecule has 72 heavy (non-hydrogen) atoms. The van der Waals surface area contributed by atoms with Gasteiger partial charge < -0.3 is 50.0 Å². The Kier molecular flexibility index (Phi) is 10.6. The Morgan fingerprint density at radius 2 is 0.861 bits per heavy atom. The molecule has 20 heteroatoms. The fraction of sp³-hybridized carbons (Fsp3) is 0.115. The molecule has 0 bridgehead atoms. The highest BCUT2D eigenvalue weighted by Crippen LogP contribution is 2.44. The second-order valence-corrected chi connectivity index (χ2v) is 19.2. The smallest absolute Gasteiger partial charge is 0.182 e. The molecule has 0 aliphatic carbocycles. The molecular formula is C52H38Cl4N14O2. The number of hydrogen-bond donors (Lipinski definition) is 6. The molecule has 0 fully saturated rings. The molecule has 16 nitrogen and oxygen atoms in total. The summed E-state index contributed by atoms with van der Waals surface area (Å²) in [5, 5.41) is 11.1. The van der Waals surface area contributed by atoms with Crippen molar-refractivity contribution >= 4 is 168 Å². The van der Waals surface area contributed by atoms with Crippen molar-refractivity contribution in [3.05, 3.63) is 130 Å². The first-order chi connectivity index (χ1) is 35.1. The average Bonchev–Trinajstić information content (AvgIpc) is 4.25. The number of fused-ring (bicyclic) bond motifs is 14. The molecule has 0 radical (unpaired) electrons. The lowest BCUT2D eigenvalue weighted by Crippen LogP contribution is -2.06. The number of imidazole rings is 2. The monoisotopic (exact) mass is 1030 g/mol. The number of ether oxygens (including phenoxy) is 2. The van der Waals surface area contributed by atoms with Crippen LogP contribution in [0.4, 0.5) is 11.6 Å². The number of nitrogens with zero attached hydrogens (tertiary/aromatic N) is 8. The topological polar surface area (TPSA) is 221 Å². The predicted molar refractivity (Wildman–Crippen MR) is 290 cm³/mol. The van der Waals surface area contributed by atoms with Crippen LogP contribution in [0.15, 0.2) is 110 Å². The summed E-state index contributed by atoms with van der Waals surface area (Å²) in [4.78, 5) is 39.4. The SMILES string of the molecule is Nc1ncnc2c1ncn2CCCOc1c2[nH]c3ccc(Cl)cc3c2cc2c1[nH]c1ccc(Cl)cc12.Nc1ncnc2ncn(CCCOc3c4[nH]c5ccc(Cl)cc5c4cc4c3[nH]c3ccc(Cl)cc34)c12. The van der Waals surface area contributed by atoms with Crippen LogP contribution < -0.4 is 20.9 Å². The third-order valence-electron chi connectivity index (χ3n) is 13.1. The zero-order valence-corrected chi connectivity index (χ0v) is 40.7. The van der Waals surface area contributed by atoms with E-state index in [4.69, 9.17) is 67.3 Å². The summed E-state index contributed by atoms with van der Waals surface area (Å²) < 4.78 is 16.9. The second-order valence-electron chi connectivity index (χ2n) is 17.5. The van der Waals surface area contributed by atoms with Gasteiger partial charge in [-0.1, -0.05) is 46.4 Å². The van der Waals surface area contributed by atoms with E-state index in [1.54, 1.807) is 12.7 Å². The summed E-state index contributed by atoms with van der Waals surface area (Å²) in [6.45, 7) is 2.31. The number of aromatic amines is 4. The number of H-pyrrole nitrogens is 4. The number of halogens is 4. The largest absolute Gasteiger partial charge is 0.489 e. The lowest BCUT2D eigenvalue weighted by atomic mass is 10.1. The van der Waals surface area contributed by atoms with Crippen molar-refractivity contribution in [1.82, 2.24) is 59.0 Å². The second kappa shape index (κ2) is 17.4. The minimum Gasteiger partial charge on any atom is -0.489 e. The fourth-order valence-corrected chi connectivity index (χ4v) is 10.6. The van der Waals surface area contributed by atoms with Crippen molar-refractivity contribution in [1.29, 1.82) is 0 Å². The molecule has 6 aromatic carbocycles. The van der Waals surface area contributed by atoms with Gasteiger partial charge in [0.15, 0.2) is 34.4 Å². The molecule has 0 saturated heterocycles. The Labute approximate surface area is 426 Å². The van der Waals surface area contributed by atoms with Gasteiger partial charge in [0.05, 0.1) is 47.9 Å². The highest BCUT2D eigenvalue weighted by atomic mass is 35.5. The highest BCUT2D eigenvalue weighted by molar-refractivity contribution is 6.34. The van der Waals surface area contributed by atoms with Crippen LogP contribution in [-0.2, 0) is 13.1 Å². The van der Waals surface area contributed by atoms with Crippen molar-refractivity contribution in [2.24, 2.45) is 0 Å². The molecule has 8 aromatic heterocycles. The first-order valence-electron chi connectivity index (χ1n) is 22.9. The lowest BCUT2D eigenvalue weighted by Gasteiger charge is -2.10. The van der Waals surface area contributed by atoms with Crippen LogP contribution in [-0.4, -0.2) is 72.2 Å². The molecule has 14 rings (SSSR count). The zero-order chi connectivity index (χ0) is 48.8. The molecule has 0 atom stereocenters. The number of aryl methyl sites for hydroxylation is 2. The third-order valence-corrected chi connectivity index (χ3v) is 14.1. The number of aromatic nitrogens is 12. The van der Waals surface area contributed by atoms with E-state index in [1.165, 1.54) is 12.7 Å². The number of nitrogens with two attached hydrogens (primary N) is 2. The number of nitrogen functional groups attached to an aromatic ring is 2. The molecule has 0 amide bonds. The van der Waals surface area contributed by atoms with Gasteiger partial charge in [-0.3, -0.25) is 0 Å². The minimum absolute atomic E-state index is 0.377. The minimum atomic E-state index is 0.377. The van der Waals surface area contributed by atoms with Gasteiger partial charge in [-0.25, -0.2) is 29.9 Å². The number of rotatable bonds is 10. The molecule has 0 saturated carbocycles. The molecule has 356 valence electrons. The van der Waals surface area contributed by atoms with Crippen molar-refractivity contribution in [2.75, 3.05) is 24.7 Å². The number of hydrogen-bond acceptors (Lipinski definition) is 10. The van der Waals surface area contributed by atoms with E-state index in [9.17, 15) is 0 Å². The van der Waals surface area contributed by atoms with Gasteiger partial charge in [0.25, 0.3) is 0 Å². The van der Waals surface area contributed by atoms with Crippen LogP contribution in [0.25, 0.3) is 110 Å². The van der Waals surface area contributed by atoms with Gasteiger partial charge in [-0.05, 0) is 97.8 Å². The van der Waals surface area contributed by atoms with E-state index in [0.717, 1.165) is 117 Å². The van der Waals surface area contributed by atoms with Gasteiger partial charge >= 0.3 is 0 Å². The molecule has 14 aromatic rings. The first-order valence-corrected chi connectivity index (χ1v) is 24.4. The van der Waals surface area contributed by atoms with Crippen molar-refractivity contribution in [3.8, 4) is 11.5 Å². The van der Waals surface area contributed by atoms with Crippen LogP contribution in [0.1, 0.15) is 12.8 Å². The van der Waals surface area contributed by atoms with Crippen LogP contribution in [0.3, 0.4) is 0 Å². The van der Waals surface area contributed by atoms with Crippen LogP contribution in [0, 0.1) is 0 Å². The summed E-state index contributed by atoms with van der Waals surface area (Å²) in [7, 11) is 0. The van der Waals surface area contributed by atoms with Crippen molar-refractivity contribution < 1.29 is 9.47 Å². The maximum Gasteiger partial charge on any atom is 0.182 e. The summed E-state index contributed by atoms with van der Waals surface area (Å²) in [5.41, 5.74) is 22.3. The Balaban J connectivity index is 0.000000140. The molecule has 8 N–H and O–H groups in total. The summed E-state index contributed by atoms with van der Waals surface area (Å²) >= 11 is 25.4. The molecule has 8 heterocycles. The van der Waals surface area contributed by atoms with E-state index < -0.39 is 0 Å².